The molecule has 0 aliphatic carbocycles. The monoisotopic (exact) mass is 495 g/mol. The average molecular weight is 496 g/mol. The van der Waals surface area contributed by atoms with Crippen LogP contribution in [0.5, 0.6) is 0 Å². The number of hydrogen-bond acceptors (Lipinski definition) is 5. The molecule has 4 rings (SSSR count). The molecule has 34 heavy (non-hydrogen) atoms. The van der Waals surface area contributed by atoms with Crippen LogP contribution in [0.1, 0.15) is 11.6 Å². The lowest BCUT2D eigenvalue weighted by atomic mass is 10.0. The fourth-order valence-corrected chi connectivity index (χ4v) is 3.63. The largest absolute Gasteiger partial charge is 0.490 e. The number of carboxylic acid groups (broad SMARTS) is 1. The number of hydrogen-bond donors (Lipinski definition) is 2. The summed E-state index contributed by atoms with van der Waals surface area (Å²) in [6.07, 6.45) is -3.28. The highest BCUT2D eigenvalue weighted by Gasteiger charge is 2.38. The Balaban J connectivity index is 0.000000406. The van der Waals surface area contributed by atoms with E-state index in [1.54, 1.807) is 10.9 Å². The minimum atomic E-state index is -5.08. The van der Waals surface area contributed by atoms with Gasteiger partial charge in [-0.1, -0.05) is 65.3 Å². The van der Waals surface area contributed by atoms with Crippen molar-refractivity contribution in [2.24, 2.45) is 0 Å². The number of carbonyl (C=O) groups is 2. The summed E-state index contributed by atoms with van der Waals surface area (Å²) in [4.78, 5) is 23.7. The lowest BCUT2D eigenvalue weighted by Gasteiger charge is -2.37. The van der Waals surface area contributed by atoms with E-state index in [-0.39, 0.29) is 18.5 Å². The zero-order valence-corrected chi connectivity index (χ0v) is 18.5. The molecule has 0 radical (unpaired) electrons. The fraction of sp³-hybridized carbons (Fsp3) is 0.273. The number of nitrogens with zero attached hydrogens (tertiary/aromatic N) is 4. The van der Waals surface area contributed by atoms with Gasteiger partial charge in [-0.3, -0.25) is 4.79 Å². The van der Waals surface area contributed by atoms with E-state index in [4.69, 9.17) is 21.5 Å². The topological polar surface area (TPSA) is 100 Å². The number of alkyl halides is 3. The number of aliphatic carboxylic acids is 1. The van der Waals surface area contributed by atoms with Crippen molar-refractivity contribution in [3.63, 3.8) is 0 Å². The first-order valence-electron chi connectivity index (χ1n) is 10.2. The fourth-order valence-electron chi connectivity index (χ4n) is 3.37. The molecule has 2 aromatic carbocycles. The van der Waals surface area contributed by atoms with Crippen LogP contribution in [0.4, 0.5) is 13.2 Å². The van der Waals surface area contributed by atoms with Crippen LogP contribution < -0.4 is 5.32 Å². The molecule has 0 bridgehead atoms. The van der Waals surface area contributed by atoms with Crippen LogP contribution in [-0.4, -0.2) is 62.7 Å². The predicted octanol–water partition coefficient (Wildman–Crippen LogP) is 3.40. The van der Waals surface area contributed by atoms with Crippen LogP contribution in [-0.2, 0) is 16.1 Å². The van der Waals surface area contributed by atoms with Gasteiger partial charge in [-0.15, -0.1) is 5.10 Å². The van der Waals surface area contributed by atoms with E-state index >= 15 is 0 Å². The number of benzene rings is 2. The summed E-state index contributed by atoms with van der Waals surface area (Å²) in [6.45, 7) is 2.23. The lowest BCUT2D eigenvalue weighted by molar-refractivity contribution is -0.192. The van der Waals surface area contributed by atoms with Crippen molar-refractivity contribution in [2.75, 3.05) is 19.6 Å². The molecule has 2 N–H and O–H groups in total. The van der Waals surface area contributed by atoms with Gasteiger partial charge in [0.15, 0.2) is 0 Å². The molecule has 1 fully saturated rings. The van der Waals surface area contributed by atoms with Crippen LogP contribution in [0.15, 0.2) is 60.8 Å². The van der Waals surface area contributed by atoms with E-state index in [1.807, 2.05) is 59.5 Å². The maximum Gasteiger partial charge on any atom is 0.490 e. The van der Waals surface area contributed by atoms with E-state index < -0.39 is 12.1 Å². The first-order valence-corrected chi connectivity index (χ1v) is 10.5. The number of carbonyl (C=O) groups excluding carboxylic acids is 1. The van der Waals surface area contributed by atoms with E-state index in [2.05, 4.69) is 15.6 Å². The number of amides is 1. The number of nitrogens with one attached hydrogen (secondary N) is 1. The molecule has 8 nitrogen and oxygen atoms in total. The maximum atomic E-state index is 13.0. The Labute approximate surface area is 197 Å². The van der Waals surface area contributed by atoms with Crippen LogP contribution in [0.3, 0.4) is 0 Å². The summed E-state index contributed by atoms with van der Waals surface area (Å²) < 4.78 is 33.3. The lowest BCUT2D eigenvalue weighted by Crippen LogP contribution is -2.49. The molecule has 1 aliphatic heterocycles. The summed E-state index contributed by atoms with van der Waals surface area (Å²) in [5, 5.41) is 19.5. The highest BCUT2D eigenvalue weighted by Crippen LogP contribution is 2.28. The molecule has 1 unspecified atom stereocenters. The number of halogens is 4. The van der Waals surface area contributed by atoms with E-state index in [9.17, 15) is 18.0 Å². The van der Waals surface area contributed by atoms with Crippen molar-refractivity contribution < 1.29 is 27.9 Å². The summed E-state index contributed by atoms with van der Waals surface area (Å²) >= 11 is 6.37. The molecule has 2 heterocycles. The second-order valence-corrected chi connectivity index (χ2v) is 7.71. The molecular weight excluding hydrogens is 475 g/mol. The first-order chi connectivity index (χ1) is 16.2. The summed E-state index contributed by atoms with van der Waals surface area (Å²) in [6, 6.07) is 17.4. The zero-order chi connectivity index (χ0) is 24.7. The van der Waals surface area contributed by atoms with Gasteiger partial charge in [-0.25, -0.2) is 9.48 Å². The summed E-state index contributed by atoms with van der Waals surface area (Å²) in [7, 11) is 0. The van der Waals surface area contributed by atoms with Gasteiger partial charge >= 0.3 is 12.1 Å². The molecule has 0 saturated carbocycles. The maximum absolute atomic E-state index is 13.0. The quantitative estimate of drug-likeness (QED) is 0.575. The first kappa shape index (κ1) is 25.2. The third-order valence-electron chi connectivity index (χ3n) is 4.98. The highest BCUT2D eigenvalue weighted by atomic mass is 35.5. The van der Waals surface area contributed by atoms with Crippen molar-refractivity contribution in [3.05, 3.63) is 71.4 Å². The molecule has 1 atom stereocenters. The molecule has 3 aromatic rings. The van der Waals surface area contributed by atoms with Crippen LogP contribution >= 0.6 is 11.6 Å². The molecule has 0 spiro atoms. The van der Waals surface area contributed by atoms with Gasteiger partial charge < -0.3 is 15.3 Å². The number of piperazine rings is 1. The van der Waals surface area contributed by atoms with Gasteiger partial charge in [0.25, 0.3) is 0 Å². The Bertz CT molecular complexity index is 1120. The minimum absolute atomic E-state index is 0.00549. The van der Waals surface area contributed by atoms with Gasteiger partial charge in [0.1, 0.15) is 12.2 Å². The van der Waals surface area contributed by atoms with Crippen molar-refractivity contribution in [1.29, 1.82) is 0 Å². The molecule has 1 aliphatic rings. The van der Waals surface area contributed by atoms with Crippen molar-refractivity contribution >= 4 is 23.5 Å². The number of rotatable bonds is 4. The Morgan fingerprint density at radius 1 is 1.12 bits per heavy atom. The normalized spacial score (nSPS) is 15.9. The van der Waals surface area contributed by atoms with Crippen molar-refractivity contribution in [2.45, 2.75) is 18.8 Å². The molecular formula is C22H21ClF3N5O3. The van der Waals surface area contributed by atoms with Crippen LogP contribution in [0, 0.1) is 0 Å². The van der Waals surface area contributed by atoms with Gasteiger partial charge in [0, 0.05) is 30.2 Å². The summed E-state index contributed by atoms with van der Waals surface area (Å²) in [5.41, 5.74) is 2.70. The Kier molecular flexibility index (Phi) is 8.24. The second kappa shape index (κ2) is 11.1. The minimum Gasteiger partial charge on any atom is -0.475 e. The second-order valence-electron chi connectivity index (χ2n) is 7.30. The number of carboxylic acids is 1. The number of aromatic nitrogens is 3. The van der Waals surface area contributed by atoms with E-state index in [0.717, 1.165) is 23.4 Å². The molecule has 1 saturated heterocycles. The van der Waals surface area contributed by atoms with Gasteiger partial charge in [-0.2, -0.15) is 13.2 Å². The highest BCUT2D eigenvalue weighted by molar-refractivity contribution is 6.31. The van der Waals surface area contributed by atoms with E-state index in [0.29, 0.717) is 18.1 Å². The Morgan fingerprint density at radius 2 is 1.76 bits per heavy atom. The van der Waals surface area contributed by atoms with Gasteiger partial charge in [-0.05, 0) is 11.6 Å². The standard InChI is InChI=1S/C20H20ClN5O.C2HF3O2/c21-17-9-5-4-8-16(17)19-12-22-10-11-26(19)20(27)14-25-13-18(23-24-25)15-6-2-1-3-7-15;3-2(4,5)1(6)7/h1-9,13,19,22H,10-12,14H2;(H,6,7). The van der Waals surface area contributed by atoms with Crippen LogP contribution in [0.25, 0.3) is 11.3 Å². The van der Waals surface area contributed by atoms with Gasteiger partial charge in [0.2, 0.25) is 5.91 Å². The third kappa shape index (κ3) is 6.55. The molecule has 1 amide bonds. The third-order valence-corrected chi connectivity index (χ3v) is 5.32. The van der Waals surface area contributed by atoms with E-state index in [1.165, 1.54) is 0 Å². The molecule has 1 aromatic heterocycles. The summed E-state index contributed by atoms with van der Waals surface area (Å²) in [5.74, 6) is -2.75. The van der Waals surface area contributed by atoms with Crippen molar-refractivity contribution in [1.82, 2.24) is 25.2 Å². The zero-order valence-electron chi connectivity index (χ0n) is 17.7. The SMILES string of the molecule is O=C(Cn1cc(-c2ccccc2)nn1)N1CCNCC1c1ccccc1Cl.O=C(O)C(F)(F)F. The Morgan fingerprint density at radius 3 is 2.41 bits per heavy atom. The van der Waals surface area contributed by atoms with Crippen molar-refractivity contribution in [3.8, 4) is 11.3 Å². The smallest absolute Gasteiger partial charge is 0.475 e. The predicted molar refractivity (Wildman–Crippen MR) is 118 cm³/mol. The molecule has 180 valence electrons. The Hall–Kier alpha value is -3.44. The molecule has 12 heteroatoms. The average Bonchev–Trinajstić information content (AvgIpc) is 3.28. The van der Waals surface area contributed by atoms with Crippen LogP contribution in [0.2, 0.25) is 5.02 Å². The van der Waals surface area contributed by atoms with Gasteiger partial charge in [0.05, 0.1) is 12.2 Å².